The fourth-order valence-corrected chi connectivity index (χ4v) is 1.97. The summed E-state index contributed by atoms with van der Waals surface area (Å²) in [5.74, 6) is 1.25. The molecule has 0 radical (unpaired) electrons. The first-order chi connectivity index (χ1) is 9.74. The van der Waals surface area contributed by atoms with Crippen LogP contribution in [0, 0.1) is 0 Å². The van der Waals surface area contributed by atoms with E-state index >= 15 is 0 Å². The molecular weight excluding hydrogens is 254 g/mol. The van der Waals surface area contributed by atoms with Crippen LogP contribution >= 0.6 is 0 Å². The fourth-order valence-electron chi connectivity index (χ4n) is 1.97. The summed E-state index contributed by atoms with van der Waals surface area (Å²) in [6, 6.07) is 9.06. The molecule has 0 unspecified atom stereocenters. The van der Waals surface area contributed by atoms with Gasteiger partial charge in [0.05, 0.1) is 19.8 Å². The van der Waals surface area contributed by atoms with E-state index in [1.165, 1.54) is 0 Å². The maximum atomic E-state index is 12.3. The molecule has 20 heavy (non-hydrogen) atoms. The molecule has 0 amide bonds. The minimum Gasteiger partial charge on any atom is -0.497 e. The van der Waals surface area contributed by atoms with Gasteiger partial charge in [-0.2, -0.15) is 0 Å². The van der Waals surface area contributed by atoms with Crippen molar-refractivity contribution in [2.24, 2.45) is 0 Å². The van der Waals surface area contributed by atoms with Gasteiger partial charge >= 0.3 is 0 Å². The lowest BCUT2D eigenvalue weighted by Gasteiger charge is -2.09. The Morgan fingerprint density at radius 3 is 2.70 bits per heavy atom. The molecule has 0 saturated heterocycles. The number of aryl methyl sites for hydroxylation is 1. The topological polar surface area (TPSA) is 48.4 Å². The quantitative estimate of drug-likeness (QED) is 0.758. The summed E-state index contributed by atoms with van der Waals surface area (Å²) in [6.07, 6.45) is 4.56. The lowest BCUT2D eigenvalue weighted by atomic mass is 10.0. The van der Waals surface area contributed by atoms with E-state index in [0.29, 0.717) is 29.9 Å². The molecule has 0 bridgehead atoms. The Kier molecular flexibility index (Phi) is 4.71. The van der Waals surface area contributed by atoms with Crippen LogP contribution in [0.5, 0.6) is 11.5 Å². The van der Waals surface area contributed by atoms with Gasteiger partial charge in [0.15, 0.2) is 5.78 Å². The number of aromatic nitrogens is 1. The predicted molar refractivity (Wildman–Crippen MR) is 76.4 cm³/mol. The highest BCUT2D eigenvalue weighted by atomic mass is 16.5. The first kappa shape index (κ1) is 14.1. The first-order valence-corrected chi connectivity index (χ1v) is 6.38. The van der Waals surface area contributed by atoms with Gasteiger partial charge in [0, 0.05) is 18.8 Å². The first-order valence-electron chi connectivity index (χ1n) is 6.38. The number of ether oxygens (including phenoxy) is 2. The molecule has 0 aliphatic rings. The minimum absolute atomic E-state index is 0.0320. The maximum Gasteiger partial charge on any atom is 0.167 e. The van der Waals surface area contributed by atoms with E-state index < -0.39 is 0 Å². The summed E-state index contributed by atoms with van der Waals surface area (Å²) < 4.78 is 10.4. The van der Waals surface area contributed by atoms with Crippen molar-refractivity contribution in [3.05, 3.63) is 53.9 Å². The van der Waals surface area contributed by atoms with Gasteiger partial charge in [0.2, 0.25) is 0 Å². The van der Waals surface area contributed by atoms with Crippen molar-refractivity contribution in [2.45, 2.75) is 12.8 Å². The number of ketones is 1. The van der Waals surface area contributed by atoms with Crippen molar-refractivity contribution in [1.29, 1.82) is 0 Å². The van der Waals surface area contributed by atoms with Crippen LogP contribution < -0.4 is 9.47 Å². The van der Waals surface area contributed by atoms with Gasteiger partial charge in [-0.25, -0.2) is 0 Å². The molecule has 0 aliphatic carbocycles. The number of pyridine rings is 1. The average molecular weight is 271 g/mol. The van der Waals surface area contributed by atoms with Crippen molar-refractivity contribution in [2.75, 3.05) is 14.2 Å². The zero-order valence-corrected chi connectivity index (χ0v) is 11.6. The van der Waals surface area contributed by atoms with Gasteiger partial charge in [-0.15, -0.1) is 0 Å². The second kappa shape index (κ2) is 6.70. The Hall–Kier alpha value is -2.36. The number of Topliss-reactive ketones (excluding diaryl/α,β-unsaturated/α-hetero) is 1. The highest BCUT2D eigenvalue weighted by Crippen LogP contribution is 2.25. The Balaban J connectivity index is 2.12. The molecule has 1 aromatic carbocycles. The molecule has 0 N–H and O–H groups in total. The Labute approximate surface area is 118 Å². The van der Waals surface area contributed by atoms with Crippen LogP contribution in [0.25, 0.3) is 0 Å². The van der Waals surface area contributed by atoms with Crippen LogP contribution in [0.4, 0.5) is 0 Å². The van der Waals surface area contributed by atoms with Crippen LogP contribution in [-0.2, 0) is 6.42 Å². The zero-order valence-electron chi connectivity index (χ0n) is 11.6. The average Bonchev–Trinajstić information content (AvgIpc) is 2.52. The molecular formula is C16H17NO3. The van der Waals surface area contributed by atoms with Gasteiger partial charge in [-0.1, -0.05) is 6.07 Å². The second-order valence-corrected chi connectivity index (χ2v) is 4.35. The second-order valence-electron chi connectivity index (χ2n) is 4.35. The highest BCUT2D eigenvalue weighted by Gasteiger charge is 2.13. The third kappa shape index (κ3) is 3.35. The Bertz CT molecular complexity index is 582. The van der Waals surface area contributed by atoms with E-state index in [1.807, 2.05) is 12.1 Å². The SMILES string of the molecule is COc1ccc(OC)c(C(=O)CCc2cccnc2)c1. The van der Waals surface area contributed by atoms with Crippen LogP contribution in [0.2, 0.25) is 0 Å². The molecule has 104 valence electrons. The molecule has 1 aromatic heterocycles. The lowest BCUT2D eigenvalue weighted by molar-refractivity contribution is 0.0979. The monoisotopic (exact) mass is 271 g/mol. The summed E-state index contributed by atoms with van der Waals surface area (Å²) in [5.41, 5.74) is 1.60. The number of carbonyl (C=O) groups excluding carboxylic acids is 1. The molecule has 0 atom stereocenters. The fraction of sp³-hybridized carbons (Fsp3) is 0.250. The van der Waals surface area contributed by atoms with Crippen molar-refractivity contribution in [3.8, 4) is 11.5 Å². The molecule has 0 aliphatic heterocycles. The normalized spacial score (nSPS) is 10.1. The zero-order chi connectivity index (χ0) is 14.4. The Morgan fingerprint density at radius 2 is 2.05 bits per heavy atom. The van der Waals surface area contributed by atoms with E-state index in [9.17, 15) is 4.79 Å². The number of hydrogen-bond acceptors (Lipinski definition) is 4. The molecule has 1 heterocycles. The van der Waals surface area contributed by atoms with Crippen LogP contribution in [0.3, 0.4) is 0 Å². The van der Waals surface area contributed by atoms with E-state index in [0.717, 1.165) is 5.56 Å². The van der Waals surface area contributed by atoms with Crippen molar-refractivity contribution >= 4 is 5.78 Å². The molecule has 4 nitrogen and oxygen atoms in total. The summed E-state index contributed by atoms with van der Waals surface area (Å²) in [4.78, 5) is 16.4. The summed E-state index contributed by atoms with van der Waals surface area (Å²) in [5, 5.41) is 0. The van der Waals surface area contributed by atoms with Gasteiger partial charge in [-0.3, -0.25) is 9.78 Å². The summed E-state index contributed by atoms with van der Waals surface area (Å²) in [7, 11) is 3.13. The summed E-state index contributed by atoms with van der Waals surface area (Å²) in [6.45, 7) is 0. The summed E-state index contributed by atoms with van der Waals surface area (Å²) >= 11 is 0. The van der Waals surface area contributed by atoms with Crippen LogP contribution in [0.15, 0.2) is 42.7 Å². The van der Waals surface area contributed by atoms with Gasteiger partial charge < -0.3 is 9.47 Å². The van der Waals surface area contributed by atoms with Gasteiger partial charge in [0.1, 0.15) is 11.5 Å². The number of carbonyl (C=O) groups is 1. The smallest absolute Gasteiger partial charge is 0.167 e. The molecule has 0 saturated carbocycles. The number of benzene rings is 1. The largest absolute Gasteiger partial charge is 0.497 e. The van der Waals surface area contributed by atoms with E-state index in [-0.39, 0.29) is 5.78 Å². The number of nitrogens with zero attached hydrogens (tertiary/aromatic N) is 1. The lowest BCUT2D eigenvalue weighted by Crippen LogP contribution is -2.04. The number of hydrogen-bond donors (Lipinski definition) is 0. The highest BCUT2D eigenvalue weighted by molar-refractivity contribution is 5.99. The molecule has 2 rings (SSSR count). The maximum absolute atomic E-state index is 12.3. The van der Waals surface area contributed by atoms with E-state index in [2.05, 4.69) is 4.98 Å². The van der Waals surface area contributed by atoms with Crippen LogP contribution in [-0.4, -0.2) is 25.0 Å². The standard InChI is InChI=1S/C16H17NO3/c1-19-13-6-8-16(20-2)14(10-13)15(18)7-5-12-4-3-9-17-11-12/h3-4,6,8-11H,5,7H2,1-2H3. The van der Waals surface area contributed by atoms with Gasteiger partial charge in [0.25, 0.3) is 0 Å². The molecule has 4 heteroatoms. The van der Waals surface area contributed by atoms with Crippen molar-refractivity contribution in [1.82, 2.24) is 4.98 Å². The van der Waals surface area contributed by atoms with Crippen molar-refractivity contribution < 1.29 is 14.3 Å². The van der Waals surface area contributed by atoms with Crippen LogP contribution in [0.1, 0.15) is 22.3 Å². The number of rotatable bonds is 6. The van der Waals surface area contributed by atoms with Crippen molar-refractivity contribution in [3.63, 3.8) is 0 Å². The minimum atomic E-state index is 0.0320. The Morgan fingerprint density at radius 1 is 1.20 bits per heavy atom. The predicted octanol–water partition coefficient (Wildman–Crippen LogP) is 2.91. The molecule has 0 fully saturated rings. The third-order valence-electron chi connectivity index (χ3n) is 3.07. The molecule has 2 aromatic rings. The number of methoxy groups -OCH3 is 2. The van der Waals surface area contributed by atoms with E-state index in [1.54, 1.807) is 44.8 Å². The van der Waals surface area contributed by atoms with Gasteiger partial charge in [-0.05, 0) is 36.2 Å². The third-order valence-corrected chi connectivity index (χ3v) is 3.07. The van der Waals surface area contributed by atoms with E-state index in [4.69, 9.17) is 9.47 Å². The molecule has 0 spiro atoms.